The number of para-hydroxylation sites is 3. The normalized spacial score (nSPS) is 19.3. The molecule has 0 amide bonds. The average molecular weight is 474 g/mol. The van der Waals surface area contributed by atoms with Crippen molar-refractivity contribution in [2.75, 3.05) is 48.6 Å². The van der Waals surface area contributed by atoms with Crippen molar-refractivity contribution < 1.29 is 5.21 Å². The summed E-state index contributed by atoms with van der Waals surface area (Å²) in [6, 6.07) is 31.2. The van der Waals surface area contributed by atoms with E-state index in [1.165, 1.54) is 22.9 Å². The van der Waals surface area contributed by atoms with Crippen LogP contribution in [0.4, 0.5) is 17.1 Å². The first-order valence-corrected chi connectivity index (χ1v) is 13.1. The molecule has 0 spiro atoms. The first-order chi connectivity index (χ1) is 17.1. The second kappa shape index (κ2) is 13.8. The molecular formula is C31H43N3O. The minimum atomic E-state index is 0.465. The summed E-state index contributed by atoms with van der Waals surface area (Å²) < 4.78 is 0. The van der Waals surface area contributed by atoms with Gasteiger partial charge in [-0.1, -0.05) is 68.4 Å². The first-order valence-electron chi connectivity index (χ1n) is 13.1. The summed E-state index contributed by atoms with van der Waals surface area (Å²) in [5.74, 6) is 1.67. The molecule has 35 heavy (non-hydrogen) atoms. The van der Waals surface area contributed by atoms with E-state index < -0.39 is 0 Å². The van der Waals surface area contributed by atoms with Crippen molar-refractivity contribution >= 4 is 17.1 Å². The predicted octanol–water partition coefficient (Wildman–Crippen LogP) is 7.21. The zero-order valence-corrected chi connectivity index (χ0v) is 21.9. The molecule has 0 heterocycles. The van der Waals surface area contributed by atoms with Gasteiger partial charge in [0.2, 0.25) is 0 Å². The van der Waals surface area contributed by atoms with Crippen LogP contribution in [0.2, 0.25) is 0 Å². The molecule has 4 heteroatoms. The lowest BCUT2D eigenvalue weighted by atomic mass is 9.74. The molecule has 0 bridgehead atoms. The van der Waals surface area contributed by atoms with E-state index >= 15 is 0 Å². The van der Waals surface area contributed by atoms with Crippen LogP contribution in [-0.4, -0.2) is 38.9 Å². The maximum absolute atomic E-state index is 10.8. The maximum Gasteiger partial charge on any atom is 0.0634 e. The Morgan fingerprint density at radius 3 is 1.23 bits per heavy atom. The van der Waals surface area contributed by atoms with Crippen molar-refractivity contribution in [1.29, 1.82) is 0 Å². The van der Waals surface area contributed by atoms with Crippen LogP contribution >= 0.6 is 0 Å². The SMILES string of the molecule is CC.CN(CC1CC(CN(C)c2ccccc2)CC(CN(O)c2ccccc2)C1)c1ccccc1. The molecule has 2 unspecified atom stereocenters. The van der Waals surface area contributed by atoms with Crippen molar-refractivity contribution in [2.24, 2.45) is 17.8 Å². The number of anilines is 3. The Bertz CT molecular complexity index is 818. The van der Waals surface area contributed by atoms with Gasteiger partial charge in [0, 0.05) is 45.1 Å². The molecule has 1 N–H and O–H groups in total. The van der Waals surface area contributed by atoms with Gasteiger partial charge in [-0.15, -0.1) is 0 Å². The topological polar surface area (TPSA) is 30.0 Å². The van der Waals surface area contributed by atoms with E-state index in [1.807, 2.05) is 44.2 Å². The monoisotopic (exact) mass is 473 g/mol. The lowest BCUT2D eigenvalue weighted by Gasteiger charge is -2.40. The minimum Gasteiger partial charge on any atom is -0.374 e. The average Bonchev–Trinajstić information content (AvgIpc) is 2.91. The number of hydrogen-bond acceptors (Lipinski definition) is 4. The van der Waals surface area contributed by atoms with E-state index in [0.717, 1.165) is 31.6 Å². The Morgan fingerprint density at radius 2 is 0.857 bits per heavy atom. The minimum absolute atomic E-state index is 0.465. The van der Waals surface area contributed by atoms with Crippen molar-refractivity contribution in [1.82, 2.24) is 0 Å². The second-order valence-corrected chi connectivity index (χ2v) is 9.65. The molecule has 1 fully saturated rings. The molecule has 0 radical (unpaired) electrons. The molecule has 1 aliphatic rings. The number of rotatable bonds is 9. The third-order valence-electron chi connectivity index (χ3n) is 6.94. The Morgan fingerprint density at radius 1 is 0.543 bits per heavy atom. The van der Waals surface area contributed by atoms with Crippen LogP contribution in [0.1, 0.15) is 33.1 Å². The summed E-state index contributed by atoms with van der Waals surface area (Å²) in [5, 5.41) is 12.2. The van der Waals surface area contributed by atoms with E-state index in [9.17, 15) is 5.21 Å². The van der Waals surface area contributed by atoms with Crippen molar-refractivity contribution in [3.05, 3.63) is 91.0 Å². The van der Waals surface area contributed by atoms with E-state index in [0.29, 0.717) is 24.3 Å². The highest BCUT2D eigenvalue weighted by molar-refractivity contribution is 5.46. The summed E-state index contributed by atoms with van der Waals surface area (Å²) in [7, 11) is 4.40. The van der Waals surface area contributed by atoms with Crippen LogP contribution in [0.15, 0.2) is 91.0 Å². The van der Waals surface area contributed by atoms with Crippen LogP contribution in [0.25, 0.3) is 0 Å². The van der Waals surface area contributed by atoms with Crippen LogP contribution in [-0.2, 0) is 0 Å². The van der Waals surface area contributed by atoms with E-state index in [4.69, 9.17) is 0 Å². The Kier molecular flexibility index (Phi) is 10.5. The third kappa shape index (κ3) is 8.03. The van der Waals surface area contributed by atoms with Gasteiger partial charge in [-0.3, -0.25) is 10.3 Å². The van der Waals surface area contributed by atoms with Crippen molar-refractivity contribution in [3.63, 3.8) is 0 Å². The summed E-state index contributed by atoms with van der Waals surface area (Å²) in [6.07, 6.45) is 3.51. The Balaban J connectivity index is 0.00000167. The van der Waals surface area contributed by atoms with Crippen LogP contribution in [0.3, 0.4) is 0 Å². The maximum atomic E-state index is 10.8. The largest absolute Gasteiger partial charge is 0.374 e. The molecule has 0 aromatic heterocycles. The predicted molar refractivity (Wildman–Crippen MR) is 151 cm³/mol. The molecule has 1 saturated carbocycles. The van der Waals surface area contributed by atoms with Crippen LogP contribution in [0.5, 0.6) is 0 Å². The third-order valence-corrected chi connectivity index (χ3v) is 6.94. The Labute approximate surface area is 212 Å². The standard InChI is InChI=1S/C29H37N3O.C2H6/c1-30(27-12-6-3-7-13-27)21-24-18-25(22-31(2)28-14-8-4-9-15-28)20-26(19-24)23-32(33)29-16-10-5-11-17-29;1-2/h3-17,24-26,33H,18-23H2,1-2H3;1-2H3. The highest BCUT2D eigenvalue weighted by Gasteiger charge is 2.31. The molecular weight excluding hydrogens is 430 g/mol. The molecule has 4 rings (SSSR count). The lowest BCUT2D eigenvalue weighted by Crippen LogP contribution is -2.39. The van der Waals surface area contributed by atoms with Crippen molar-refractivity contribution in [3.8, 4) is 0 Å². The number of nitrogens with zero attached hydrogens (tertiary/aromatic N) is 3. The number of hydroxylamine groups is 1. The highest BCUT2D eigenvalue weighted by atomic mass is 16.5. The summed E-state index contributed by atoms with van der Waals surface area (Å²) in [4.78, 5) is 4.78. The molecule has 3 aromatic rings. The van der Waals surface area contributed by atoms with Gasteiger partial charge < -0.3 is 9.80 Å². The van der Waals surface area contributed by atoms with Crippen LogP contribution < -0.4 is 14.9 Å². The molecule has 0 saturated heterocycles. The fourth-order valence-electron chi connectivity index (χ4n) is 5.45. The molecule has 4 nitrogen and oxygen atoms in total. The summed E-state index contributed by atoms with van der Waals surface area (Å²) >= 11 is 0. The summed E-state index contributed by atoms with van der Waals surface area (Å²) in [5.41, 5.74) is 3.41. The first kappa shape index (κ1) is 26.6. The molecule has 1 aliphatic carbocycles. The molecule has 3 aromatic carbocycles. The van der Waals surface area contributed by atoms with Crippen LogP contribution in [0, 0.1) is 17.8 Å². The molecule has 0 aliphatic heterocycles. The zero-order valence-electron chi connectivity index (χ0n) is 21.9. The van der Waals surface area contributed by atoms with Gasteiger partial charge in [0.1, 0.15) is 0 Å². The van der Waals surface area contributed by atoms with Gasteiger partial charge in [0.05, 0.1) is 5.69 Å². The quantitative estimate of drug-likeness (QED) is 0.332. The highest BCUT2D eigenvalue weighted by Crippen LogP contribution is 2.36. The number of benzene rings is 3. The van der Waals surface area contributed by atoms with Gasteiger partial charge >= 0.3 is 0 Å². The smallest absolute Gasteiger partial charge is 0.0634 e. The van der Waals surface area contributed by atoms with Gasteiger partial charge in [-0.25, -0.2) is 0 Å². The van der Waals surface area contributed by atoms with E-state index in [-0.39, 0.29) is 0 Å². The summed E-state index contributed by atoms with van der Waals surface area (Å²) in [6.45, 7) is 6.77. The van der Waals surface area contributed by atoms with Gasteiger partial charge in [-0.05, 0) is 73.4 Å². The molecule has 2 atom stereocenters. The van der Waals surface area contributed by atoms with Gasteiger partial charge in [-0.2, -0.15) is 0 Å². The molecule has 188 valence electrons. The lowest BCUT2D eigenvalue weighted by molar-refractivity contribution is 0.163. The second-order valence-electron chi connectivity index (χ2n) is 9.65. The van der Waals surface area contributed by atoms with E-state index in [2.05, 4.69) is 84.6 Å². The fourth-order valence-corrected chi connectivity index (χ4v) is 5.45. The van der Waals surface area contributed by atoms with Crippen molar-refractivity contribution in [2.45, 2.75) is 33.1 Å². The van der Waals surface area contributed by atoms with Gasteiger partial charge in [0.25, 0.3) is 0 Å². The van der Waals surface area contributed by atoms with Gasteiger partial charge in [0.15, 0.2) is 0 Å². The Hall–Kier alpha value is -2.98. The van der Waals surface area contributed by atoms with E-state index in [1.54, 1.807) is 0 Å². The number of hydrogen-bond donors (Lipinski definition) is 1. The fraction of sp³-hybridized carbons (Fsp3) is 0.419. The zero-order chi connectivity index (χ0) is 25.0.